The van der Waals surface area contributed by atoms with Crippen molar-refractivity contribution in [1.29, 1.82) is 0 Å². The van der Waals surface area contributed by atoms with Gasteiger partial charge in [0, 0.05) is 13.1 Å². The Balaban J connectivity index is 1.75. The number of amides is 2. The minimum absolute atomic E-state index is 0.0637. The molecular weight excluding hydrogens is 300 g/mol. The summed E-state index contributed by atoms with van der Waals surface area (Å²) in [6.45, 7) is 0.892. The molecule has 0 aromatic rings. The van der Waals surface area contributed by atoms with Crippen molar-refractivity contribution in [2.45, 2.75) is 57.1 Å². The fourth-order valence-electron chi connectivity index (χ4n) is 4.04. The highest BCUT2D eigenvalue weighted by Crippen LogP contribution is 2.38. The van der Waals surface area contributed by atoms with E-state index in [-0.39, 0.29) is 30.6 Å². The summed E-state index contributed by atoms with van der Waals surface area (Å²) in [5.74, 6) is -1.47. The van der Waals surface area contributed by atoms with E-state index in [9.17, 15) is 19.5 Å². The molecule has 0 radical (unpaired) electrons. The van der Waals surface area contributed by atoms with Gasteiger partial charge in [-0.15, -0.1) is 0 Å². The summed E-state index contributed by atoms with van der Waals surface area (Å²) < 4.78 is 5.49. The molecule has 2 N–H and O–H groups in total. The summed E-state index contributed by atoms with van der Waals surface area (Å²) in [7, 11) is 0. The fourth-order valence-corrected chi connectivity index (χ4v) is 4.04. The number of carboxylic acids is 1. The van der Waals surface area contributed by atoms with Crippen LogP contribution in [0.1, 0.15) is 44.9 Å². The third kappa shape index (κ3) is 3.06. The number of ether oxygens (including phenoxy) is 1. The second-order valence-electron chi connectivity index (χ2n) is 6.86. The highest BCUT2D eigenvalue weighted by atomic mass is 16.5. The number of carbonyl (C=O) groups is 3. The smallest absolute Gasteiger partial charge is 0.319 e. The number of carboxylic acid groups (broad SMARTS) is 1. The van der Waals surface area contributed by atoms with E-state index in [0.717, 1.165) is 25.7 Å². The zero-order valence-electron chi connectivity index (χ0n) is 13.3. The Labute approximate surface area is 135 Å². The van der Waals surface area contributed by atoms with Crippen LogP contribution < -0.4 is 5.32 Å². The quantitative estimate of drug-likeness (QED) is 0.570. The van der Waals surface area contributed by atoms with E-state index < -0.39 is 11.4 Å². The molecule has 0 aromatic carbocycles. The maximum Gasteiger partial charge on any atom is 0.319 e. The lowest BCUT2D eigenvalue weighted by Crippen LogP contribution is -2.63. The average Bonchev–Trinajstić information content (AvgIpc) is 2.80. The zero-order chi connectivity index (χ0) is 16.4. The number of piperidine rings is 1. The maximum absolute atomic E-state index is 13.0. The van der Waals surface area contributed by atoms with Gasteiger partial charge in [-0.05, 0) is 19.3 Å². The van der Waals surface area contributed by atoms with Crippen LogP contribution in [0.5, 0.6) is 0 Å². The highest BCUT2D eigenvalue weighted by Gasteiger charge is 2.49. The average molecular weight is 324 g/mol. The number of fused-ring (bicyclic) bond motifs is 1. The first kappa shape index (κ1) is 16.2. The Morgan fingerprint density at radius 1 is 1.22 bits per heavy atom. The normalized spacial score (nSPS) is 30.8. The van der Waals surface area contributed by atoms with E-state index in [2.05, 4.69) is 5.32 Å². The molecule has 2 heterocycles. The van der Waals surface area contributed by atoms with Gasteiger partial charge in [-0.3, -0.25) is 14.4 Å². The second-order valence-corrected chi connectivity index (χ2v) is 6.86. The first-order chi connectivity index (χ1) is 11.0. The van der Waals surface area contributed by atoms with Crippen LogP contribution in [0.4, 0.5) is 0 Å². The molecule has 2 aliphatic heterocycles. The van der Waals surface area contributed by atoms with Crippen LogP contribution in [0, 0.1) is 5.41 Å². The molecule has 1 aliphatic carbocycles. The molecule has 23 heavy (non-hydrogen) atoms. The van der Waals surface area contributed by atoms with Crippen molar-refractivity contribution in [3.8, 4) is 0 Å². The first-order valence-electron chi connectivity index (χ1n) is 8.47. The number of nitrogens with one attached hydrogen (secondary N) is 1. The first-order valence-corrected chi connectivity index (χ1v) is 8.47. The molecule has 7 nitrogen and oxygen atoms in total. The van der Waals surface area contributed by atoms with Crippen LogP contribution in [-0.2, 0) is 19.1 Å². The monoisotopic (exact) mass is 324 g/mol. The molecular formula is C16H24N2O5. The van der Waals surface area contributed by atoms with Crippen LogP contribution in [0.25, 0.3) is 0 Å². The van der Waals surface area contributed by atoms with Crippen molar-refractivity contribution in [3.63, 3.8) is 0 Å². The van der Waals surface area contributed by atoms with E-state index in [1.807, 2.05) is 0 Å². The molecule has 7 heteroatoms. The summed E-state index contributed by atoms with van der Waals surface area (Å²) in [5, 5.41) is 12.6. The number of nitrogens with zero attached hydrogens (tertiary/aromatic N) is 1. The van der Waals surface area contributed by atoms with Gasteiger partial charge in [0.15, 0.2) is 0 Å². The van der Waals surface area contributed by atoms with Crippen molar-refractivity contribution >= 4 is 17.8 Å². The molecule has 3 aliphatic rings. The minimum atomic E-state index is -1.29. The highest BCUT2D eigenvalue weighted by molar-refractivity contribution is 6.02. The Hall–Kier alpha value is -1.63. The standard InChI is InChI=1S/C16H24N2O5/c19-13-10-23-12-5-8-18(9-11(12)17-13)14(20)16(15(21)22)6-3-1-2-4-7-16/h11-12H,1-10H2,(H,17,19)(H,21,22)/t11-,12+/m1/s1. The molecule has 0 unspecified atom stereocenters. The van der Waals surface area contributed by atoms with Gasteiger partial charge in [-0.2, -0.15) is 0 Å². The molecule has 2 amide bonds. The molecule has 1 saturated carbocycles. The Bertz CT molecular complexity index is 499. The Morgan fingerprint density at radius 2 is 1.91 bits per heavy atom. The van der Waals surface area contributed by atoms with Crippen molar-refractivity contribution in [2.75, 3.05) is 19.7 Å². The van der Waals surface area contributed by atoms with Gasteiger partial charge < -0.3 is 20.1 Å². The molecule has 0 spiro atoms. The lowest BCUT2D eigenvalue weighted by molar-refractivity contribution is -0.165. The van der Waals surface area contributed by atoms with Gasteiger partial charge >= 0.3 is 5.97 Å². The molecule has 0 bridgehead atoms. The van der Waals surface area contributed by atoms with Crippen LogP contribution in [-0.4, -0.2) is 59.6 Å². The number of rotatable bonds is 2. The number of likely N-dealkylation sites (tertiary alicyclic amines) is 1. The number of carbonyl (C=O) groups excluding carboxylic acids is 2. The number of hydrogen-bond acceptors (Lipinski definition) is 4. The largest absolute Gasteiger partial charge is 0.480 e. The van der Waals surface area contributed by atoms with Gasteiger partial charge in [0.2, 0.25) is 11.8 Å². The number of aliphatic carboxylic acids is 1. The second kappa shape index (κ2) is 6.47. The van der Waals surface area contributed by atoms with Crippen molar-refractivity contribution < 1.29 is 24.2 Å². The molecule has 2 saturated heterocycles. The van der Waals surface area contributed by atoms with E-state index in [1.54, 1.807) is 4.90 Å². The summed E-state index contributed by atoms with van der Waals surface area (Å²) in [6.07, 6.45) is 4.89. The van der Waals surface area contributed by atoms with Gasteiger partial charge in [0.25, 0.3) is 0 Å². The summed E-state index contributed by atoms with van der Waals surface area (Å²) in [6, 6.07) is -0.231. The van der Waals surface area contributed by atoms with Crippen LogP contribution in [0.15, 0.2) is 0 Å². The van der Waals surface area contributed by atoms with Gasteiger partial charge in [0.1, 0.15) is 12.0 Å². The van der Waals surface area contributed by atoms with Crippen molar-refractivity contribution in [1.82, 2.24) is 10.2 Å². The molecule has 128 valence electrons. The maximum atomic E-state index is 13.0. The number of morpholine rings is 1. The molecule has 0 aromatic heterocycles. The predicted octanol–water partition coefficient (Wildman–Crippen LogP) is 0.528. The minimum Gasteiger partial charge on any atom is -0.480 e. The SMILES string of the molecule is O=C1CO[C@H]2CCN(C(=O)C3(C(=O)O)CCCCCC3)C[C@H]2N1. The third-order valence-corrected chi connectivity index (χ3v) is 5.39. The third-order valence-electron chi connectivity index (χ3n) is 5.39. The van der Waals surface area contributed by atoms with Crippen LogP contribution in [0.3, 0.4) is 0 Å². The van der Waals surface area contributed by atoms with Crippen molar-refractivity contribution in [2.24, 2.45) is 5.41 Å². The van der Waals surface area contributed by atoms with E-state index in [4.69, 9.17) is 4.74 Å². The number of hydrogen-bond donors (Lipinski definition) is 2. The van der Waals surface area contributed by atoms with E-state index >= 15 is 0 Å². The van der Waals surface area contributed by atoms with Crippen LogP contribution in [0.2, 0.25) is 0 Å². The predicted molar refractivity (Wildman–Crippen MR) is 80.6 cm³/mol. The molecule has 3 rings (SSSR count). The van der Waals surface area contributed by atoms with Crippen LogP contribution >= 0.6 is 0 Å². The van der Waals surface area contributed by atoms with Gasteiger partial charge in [0.05, 0.1) is 12.1 Å². The lowest BCUT2D eigenvalue weighted by Gasteiger charge is -2.43. The summed E-state index contributed by atoms with van der Waals surface area (Å²) in [5.41, 5.74) is -1.29. The van der Waals surface area contributed by atoms with E-state index in [1.165, 1.54) is 0 Å². The summed E-state index contributed by atoms with van der Waals surface area (Å²) in [4.78, 5) is 38.0. The lowest BCUT2D eigenvalue weighted by atomic mass is 9.78. The Morgan fingerprint density at radius 3 is 2.57 bits per heavy atom. The van der Waals surface area contributed by atoms with Crippen molar-refractivity contribution in [3.05, 3.63) is 0 Å². The molecule has 2 atom stereocenters. The zero-order valence-corrected chi connectivity index (χ0v) is 13.3. The molecule has 3 fully saturated rings. The summed E-state index contributed by atoms with van der Waals surface area (Å²) >= 11 is 0. The van der Waals surface area contributed by atoms with Gasteiger partial charge in [-0.25, -0.2) is 0 Å². The van der Waals surface area contributed by atoms with Gasteiger partial charge in [-0.1, -0.05) is 25.7 Å². The topological polar surface area (TPSA) is 95.9 Å². The Kier molecular flexibility index (Phi) is 4.57. The van der Waals surface area contributed by atoms with E-state index in [0.29, 0.717) is 32.4 Å². The fraction of sp³-hybridized carbons (Fsp3) is 0.812.